The first kappa shape index (κ1) is 13.3. The van der Waals surface area contributed by atoms with Gasteiger partial charge >= 0.3 is 0 Å². The van der Waals surface area contributed by atoms with Crippen molar-refractivity contribution in [2.75, 3.05) is 12.0 Å². The van der Waals surface area contributed by atoms with E-state index in [0.717, 1.165) is 19.3 Å². The van der Waals surface area contributed by atoms with Crippen molar-refractivity contribution in [1.29, 1.82) is 0 Å². The Bertz CT molecular complexity index is 518. The molecule has 1 unspecified atom stereocenters. The molecule has 0 bridgehead atoms. The Morgan fingerprint density at radius 3 is 2.94 bits per heavy atom. The van der Waals surface area contributed by atoms with E-state index in [1.807, 2.05) is 6.92 Å². The second kappa shape index (κ2) is 5.21. The fourth-order valence-electron chi connectivity index (χ4n) is 2.25. The molecule has 1 aromatic rings. The number of nitrogens with one attached hydrogen (secondary N) is 1. The van der Waals surface area contributed by atoms with Gasteiger partial charge in [-0.15, -0.1) is 0 Å². The van der Waals surface area contributed by atoms with Crippen LogP contribution in [0.4, 0.5) is 5.69 Å². The maximum atomic E-state index is 12.5. The molecule has 0 aromatic carbocycles. The minimum atomic E-state index is -3.57. The number of aromatic nitrogens is 1. The van der Waals surface area contributed by atoms with E-state index in [-0.39, 0.29) is 11.1 Å². The molecule has 2 rings (SSSR count). The number of nitrogen functional groups attached to an aromatic ring is 1. The van der Waals surface area contributed by atoms with Crippen LogP contribution in [0.25, 0.3) is 0 Å². The molecular weight excluding hydrogens is 252 g/mol. The number of sulfonamides is 1. The largest absolute Gasteiger partial charge is 0.321 e. The first-order valence-electron chi connectivity index (χ1n) is 6.01. The highest BCUT2D eigenvalue weighted by Gasteiger charge is 2.33. The van der Waals surface area contributed by atoms with Gasteiger partial charge in [0, 0.05) is 18.8 Å². The quantitative estimate of drug-likeness (QED) is 0.630. The fraction of sp³-hybridized carbons (Fsp3) is 0.545. The number of piperidine rings is 1. The lowest BCUT2D eigenvalue weighted by Gasteiger charge is -2.32. The van der Waals surface area contributed by atoms with Gasteiger partial charge in [-0.3, -0.25) is 5.84 Å². The molecular formula is C11H18N4O2S. The predicted molar refractivity (Wildman–Crippen MR) is 69.3 cm³/mol. The molecule has 1 fully saturated rings. The Kier molecular flexibility index (Phi) is 3.84. The molecule has 1 saturated heterocycles. The van der Waals surface area contributed by atoms with E-state index < -0.39 is 10.0 Å². The molecule has 1 atom stereocenters. The van der Waals surface area contributed by atoms with E-state index in [0.29, 0.717) is 12.2 Å². The number of hydrogen-bond acceptors (Lipinski definition) is 5. The van der Waals surface area contributed by atoms with Crippen molar-refractivity contribution < 1.29 is 8.42 Å². The summed E-state index contributed by atoms with van der Waals surface area (Å²) in [6.07, 6.45) is 4.30. The van der Waals surface area contributed by atoms with Gasteiger partial charge in [0.15, 0.2) is 5.03 Å². The van der Waals surface area contributed by atoms with Gasteiger partial charge in [-0.2, -0.15) is 4.31 Å². The van der Waals surface area contributed by atoms with Gasteiger partial charge in [0.25, 0.3) is 10.0 Å². The van der Waals surface area contributed by atoms with Crippen molar-refractivity contribution in [3.8, 4) is 0 Å². The minimum Gasteiger partial charge on any atom is -0.321 e. The summed E-state index contributed by atoms with van der Waals surface area (Å²) >= 11 is 0. The number of hydrogen-bond donors (Lipinski definition) is 2. The van der Waals surface area contributed by atoms with E-state index in [2.05, 4.69) is 10.4 Å². The van der Waals surface area contributed by atoms with Crippen molar-refractivity contribution in [1.82, 2.24) is 9.29 Å². The average Bonchev–Trinajstić information content (AvgIpc) is 2.39. The Labute approximate surface area is 107 Å². The maximum Gasteiger partial charge on any atom is 0.262 e. The highest BCUT2D eigenvalue weighted by molar-refractivity contribution is 7.89. The van der Waals surface area contributed by atoms with Crippen LogP contribution in [0, 0.1) is 0 Å². The third-order valence-corrected chi connectivity index (χ3v) is 5.20. The summed E-state index contributed by atoms with van der Waals surface area (Å²) in [5.74, 6) is 5.34. The third-order valence-electron chi connectivity index (χ3n) is 3.22. The third kappa shape index (κ3) is 2.33. The van der Waals surface area contributed by atoms with E-state index in [1.54, 1.807) is 12.1 Å². The fourth-order valence-corrected chi connectivity index (χ4v) is 4.02. The Morgan fingerprint density at radius 1 is 1.50 bits per heavy atom. The van der Waals surface area contributed by atoms with E-state index >= 15 is 0 Å². The monoisotopic (exact) mass is 270 g/mol. The molecule has 1 aliphatic heterocycles. The summed E-state index contributed by atoms with van der Waals surface area (Å²) in [4.78, 5) is 3.96. The molecule has 0 amide bonds. The number of pyridine rings is 1. The van der Waals surface area contributed by atoms with Gasteiger partial charge in [0.2, 0.25) is 0 Å². The van der Waals surface area contributed by atoms with Gasteiger partial charge in [-0.1, -0.05) is 6.42 Å². The summed E-state index contributed by atoms with van der Waals surface area (Å²) in [5, 5.41) is 0.00116. The van der Waals surface area contributed by atoms with Crippen LogP contribution in [0.2, 0.25) is 0 Å². The van der Waals surface area contributed by atoms with Crippen LogP contribution in [0.5, 0.6) is 0 Å². The number of nitrogens with zero attached hydrogens (tertiary/aromatic N) is 2. The SMILES string of the molecule is CC1CCCCN1S(=O)(=O)c1ncccc1NN. The second-order valence-corrected chi connectivity index (χ2v) is 6.27. The first-order chi connectivity index (χ1) is 8.57. The van der Waals surface area contributed by atoms with Crippen molar-refractivity contribution >= 4 is 15.7 Å². The molecule has 6 nitrogen and oxygen atoms in total. The second-order valence-electron chi connectivity index (χ2n) is 4.46. The van der Waals surface area contributed by atoms with Gasteiger partial charge in [0.1, 0.15) is 0 Å². The minimum absolute atomic E-state index is 0.00116. The standard InChI is InChI=1S/C11H18N4O2S/c1-9-5-2-3-8-15(9)18(16,17)11-10(14-12)6-4-7-13-11/h4,6-7,9,14H,2-3,5,8,12H2,1H3. The number of hydrazine groups is 1. The zero-order chi connectivity index (χ0) is 13.2. The van der Waals surface area contributed by atoms with E-state index in [9.17, 15) is 8.42 Å². The van der Waals surface area contributed by atoms with Gasteiger partial charge in [-0.25, -0.2) is 13.4 Å². The van der Waals surface area contributed by atoms with Crippen molar-refractivity contribution in [3.63, 3.8) is 0 Å². The zero-order valence-corrected chi connectivity index (χ0v) is 11.2. The smallest absolute Gasteiger partial charge is 0.262 e. The van der Waals surface area contributed by atoms with Crippen LogP contribution in [-0.2, 0) is 10.0 Å². The molecule has 2 heterocycles. The number of nitrogens with two attached hydrogens (primary N) is 1. The normalized spacial score (nSPS) is 21.8. The molecule has 0 spiro atoms. The van der Waals surface area contributed by atoms with Crippen LogP contribution in [0.15, 0.2) is 23.4 Å². The van der Waals surface area contributed by atoms with Gasteiger partial charge < -0.3 is 5.43 Å². The molecule has 0 aliphatic carbocycles. The lowest BCUT2D eigenvalue weighted by Crippen LogP contribution is -2.42. The van der Waals surface area contributed by atoms with Crippen molar-refractivity contribution in [2.24, 2.45) is 5.84 Å². The highest BCUT2D eigenvalue weighted by atomic mass is 32.2. The lowest BCUT2D eigenvalue weighted by molar-refractivity contribution is 0.268. The number of rotatable bonds is 3. The summed E-state index contributed by atoms with van der Waals surface area (Å²) in [5.41, 5.74) is 2.72. The molecule has 0 radical (unpaired) electrons. The van der Waals surface area contributed by atoms with Gasteiger partial charge in [0.05, 0.1) is 5.69 Å². The molecule has 0 saturated carbocycles. The Morgan fingerprint density at radius 2 is 2.28 bits per heavy atom. The maximum absolute atomic E-state index is 12.5. The first-order valence-corrected chi connectivity index (χ1v) is 7.45. The Hall–Kier alpha value is -1.18. The molecule has 18 heavy (non-hydrogen) atoms. The summed E-state index contributed by atoms with van der Waals surface area (Å²) in [7, 11) is -3.57. The van der Waals surface area contributed by atoms with Crippen molar-refractivity contribution in [3.05, 3.63) is 18.3 Å². The molecule has 1 aliphatic rings. The van der Waals surface area contributed by atoms with Crippen LogP contribution >= 0.6 is 0 Å². The average molecular weight is 270 g/mol. The summed E-state index contributed by atoms with van der Waals surface area (Å²) < 4.78 is 26.6. The topological polar surface area (TPSA) is 88.3 Å². The summed E-state index contributed by atoms with van der Waals surface area (Å²) in [6, 6.07) is 3.26. The molecule has 1 aromatic heterocycles. The van der Waals surface area contributed by atoms with Gasteiger partial charge in [-0.05, 0) is 31.9 Å². The van der Waals surface area contributed by atoms with Crippen molar-refractivity contribution in [2.45, 2.75) is 37.3 Å². The molecule has 7 heteroatoms. The molecule has 3 N–H and O–H groups in total. The zero-order valence-electron chi connectivity index (χ0n) is 10.3. The highest BCUT2D eigenvalue weighted by Crippen LogP contribution is 2.27. The Balaban J connectivity index is 2.41. The molecule has 100 valence electrons. The van der Waals surface area contributed by atoms with Crippen LogP contribution < -0.4 is 11.3 Å². The van der Waals surface area contributed by atoms with E-state index in [1.165, 1.54) is 10.5 Å². The number of anilines is 1. The summed E-state index contributed by atoms with van der Waals surface area (Å²) in [6.45, 7) is 2.47. The predicted octanol–water partition coefficient (Wildman–Crippen LogP) is 0.930. The van der Waals surface area contributed by atoms with Crippen LogP contribution in [0.3, 0.4) is 0 Å². The van der Waals surface area contributed by atoms with Crippen LogP contribution in [0.1, 0.15) is 26.2 Å². The van der Waals surface area contributed by atoms with E-state index in [4.69, 9.17) is 5.84 Å². The van der Waals surface area contributed by atoms with Crippen LogP contribution in [-0.4, -0.2) is 30.3 Å². The lowest BCUT2D eigenvalue weighted by atomic mass is 10.1.